The molecule has 1 aromatic carbocycles. The van der Waals surface area contributed by atoms with Crippen LogP contribution in [-0.4, -0.2) is 17.2 Å². The van der Waals surface area contributed by atoms with Gasteiger partial charge in [0.05, 0.1) is 0 Å². The number of nitrogens with one attached hydrogen (secondary N) is 1. The lowest BCUT2D eigenvalue weighted by atomic mass is 10.2. The summed E-state index contributed by atoms with van der Waals surface area (Å²) in [5.74, 6) is 0.977. The van der Waals surface area contributed by atoms with Crippen LogP contribution >= 0.6 is 0 Å². The molecule has 7 nitrogen and oxygen atoms in total. The summed E-state index contributed by atoms with van der Waals surface area (Å²) in [7, 11) is 0. The molecule has 3 aromatic rings. The number of anilines is 1. The van der Waals surface area contributed by atoms with Crippen LogP contribution in [0.25, 0.3) is 11.0 Å². The normalized spacial score (nSPS) is 12.1. The zero-order valence-electron chi connectivity index (χ0n) is 12.5. The van der Waals surface area contributed by atoms with E-state index in [9.17, 15) is 9.59 Å². The molecule has 0 aliphatic carbocycles. The lowest BCUT2D eigenvalue weighted by Crippen LogP contribution is -2.30. The average molecular weight is 314 g/mol. The molecule has 1 N–H and O–H groups in total. The van der Waals surface area contributed by atoms with Gasteiger partial charge in [-0.15, -0.1) is 0 Å². The standard InChI is InChI=1S/C16H14N2O5/c1-9-7-14(18-23-9)17-16(20)10(2)21-12-5-3-11-4-6-15(19)22-13(11)8-12/h3-8,10H,1-2H3,(H,17,18,20)/t10-/m1/s1. The van der Waals surface area contributed by atoms with E-state index < -0.39 is 11.7 Å². The maximum absolute atomic E-state index is 12.1. The number of aryl methyl sites for hydroxylation is 1. The highest BCUT2D eigenvalue weighted by Gasteiger charge is 2.16. The highest BCUT2D eigenvalue weighted by molar-refractivity contribution is 5.93. The highest BCUT2D eigenvalue weighted by Crippen LogP contribution is 2.20. The van der Waals surface area contributed by atoms with Gasteiger partial charge in [-0.1, -0.05) is 5.16 Å². The Morgan fingerprint density at radius 1 is 1.26 bits per heavy atom. The van der Waals surface area contributed by atoms with E-state index in [1.165, 1.54) is 6.07 Å². The molecule has 0 unspecified atom stereocenters. The third-order valence-electron chi connectivity index (χ3n) is 3.16. The Balaban J connectivity index is 1.72. The molecule has 2 aromatic heterocycles. The lowest BCUT2D eigenvalue weighted by molar-refractivity contribution is -0.122. The molecule has 23 heavy (non-hydrogen) atoms. The molecular weight excluding hydrogens is 300 g/mol. The number of rotatable bonds is 4. The van der Waals surface area contributed by atoms with E-state index in [0.717, 1.165) is 5.39 Å². The van der Waals surface area contributed by atoms with Crippen LogP contribution in [0.2, 0.25) is 0 Å². The van der Waals surface area contributed by atoms with Gasteiger partial charge in [-0.25, -0.2) is 4.79 Å². The quantitative estimate of drug-likeness (QED) is 0.743. The van der Waals surface area contributed by atoms with Crippen molar-refractivity contribution in [3.63, 3.8) is 0 Å². The third-order valence-corrected chi connectivity index (χ3v) is 3.16. The van der Waals surface area contributed by atoms with Crippen LogP contribution < -0.4 is 15.7 Å². The maximum atomic E-state index is 12.1. The molecule has 2 heterocycles. The van der Waals surface area contributed by atoms with Crippen molar-refractivity contribution in [1.82, 2.24) is 5.16 Å². The Bertz CT molecular complexity index is 912. The number of ether oxygens (including phenoxy) is 1. The van der Waals surface area contributed by atoms with Crippen molar-refractivity contribution in [2.24, 2.45) is 0 Å². The van der Waals surface area contributed by atoms with Crippen molar-refractivity contribution < 1.29 is 18.5 Å². The van der Waals surface area contributed by atoms with E-state index in [-0.39, 0.29) is 5.91 Å². The minimum Gasteiger partial charge on any atom is -0.481 e. The van der Waals surface area contributed by atoms with Gasteiger partial charge in [-0.2, -0.15) is 0 Å². The van der Waals surface area contributed by atoms with E-state index in [1.807, 2.05) is 0 Å². The second kappa shape index (κ2) is 5.96. The molecule has 0 aliphatic heterocycles. The summed E-state index contributed by atoms with van der Waals surface area (Å²) in [6.07, 6.45) is -0.764. The van der Waals surface area contributed by atoms with Crippen LogP contribution in [0, 0.1) is 6.92 Å². The molecular formula is C16H14N2O5. The first-order chi connectivity index (χ1) is 11.0. The summed E-state index contributed by atoms with van der Waals surface area (Å²) >= 11 is 0. The molecule has 0 saturated heterocycles. The fourth-order valence-electron chi connectivity index (χ4n) is 2.03. The third kappa shape index (κ3) is 3.39. The molecule has 1 amide bonds. The number of nitrogens with zero attached hydrogens (tertiary/aromatic N) is 1. The minimum atomic E-state index is -0.764. The molecule has 0 spiro atoms. The number of carbonyl (C=O) groups is 1. The number of aromatic nitrogens is 1. The van der Waals surface area contributed by atoms with Crippen LogP contribution in [0.5, 0.6) is 5.75 Å². The second-order valence-corrected chi connectivity index (χ2v) is 5.03. The molecule has 0 saturated carbocycles. The van der Waals surface area contributed by atoms with Gasteiger partial charge < -0.3 is 19.0 Å². The van der Waals surface area contributed by atoms with Gasteiger partial charge in [0.25, 0.3) is 5.91 Å². The molecule has 118 valence electrons. The average Bonchev–Trinajstić information content (AvgIpc) is 2.91. The second-order valence-electron chi connectivity index (χ2n) is 5.03. The van der Waals surface area contributed by atoms with Crippen molar-refractivity contribution in [3.8, 4) is 5.75 Å². The topological polar surface area (TPSA) is 94.6 Å². The Labute approximate surface area is 130 Å². The maximum Gasteiger partial charge on any atom is 0.336 e. The molecule has 7 heteroatoms. The predicted octanol–water partition coefficient (Wildman–Crippen LogP) is 2.50. The minimum absolute atomic E-state index is 0.326. The SMILES string of the molecule is Cc1cc(NC(=O)[C@@H](C)Oc2ccc3ccc(=O)oc3c2)no1. The number of benzene rings is 1. The number of hydrogen-bond acceptors (Lipinski definition) is 6. The number of hydrogen-bond donors (Lipinski definition) is 1. The van der Waals surface area contributed by atoms with Gasteiger partial charge in [0.15, 0.2) is 11.9 Å². The van der Waals surface area contributed by atoms with E-state index >= 15 is 0 Å². The summed E-state index contributed by atoms with van der Waals surface area (Å²) in [5.41, 5.74) is -0.0448. The van der Waals surface area contributed by atoms with Gasteiger partial charge in [0.1, 0.15) is 17.1 Å². The predicted molar refractivity (Wildman–Crippen MR) is 82.4 cm³/mol. The summed E-state index contributed by atoms with van der Waals surface area (Å²) in [4.78, 5) is 23.3. The van der Waals surface area contributed by atoms with Crippen LogP contribution in [0.15, 0.2) is 50.1 Å². The highest BCUT2D eigenvalue weighted by atomic mass is 16.5. The van der Waals surface area contributed by atoms with Crippen LogP contribution in [0.3, 0.4) is 0 Å². The number of amides is 1. The lowest BCUT2D eigenvalue weighted by Gasteiger charge is -2.13. The summed E-state index contributed by atoms with van der Waals surface area (Å²) in [5, 5.41) is 7.04. The van der Waals surface area contributed by atoms with Gasteiger partial charge in [0, 0.05) is 23.6 Å². The van der Waals surface area contributed by atoms with E-state index in [0.29, 0.717) is 22.9 Å². The Morgan fingerprint density at radius 3 is 2.78 bits per heavy atom. The van der Waals surface area contributed by atoms with Crippen molar-refractivity contribution in [1.29, 1.82) is 0 Å². The van der Waals surface area contributed by atoms with Crippen molar-refractivity contribution in [3.05, 3.63) is 52.6 Å². The van der Waals surface area contributed by atoms with Crippen molar-refractivity contribution >= 4 is 22.7 Å². The Kier molecular flexibility index (Phi) is 3.84. The van der Waals surface area contributed by atoms with Gasteiger partial charge in [-0.3, -0.25) is 4.79 Å². The van der Waals surface area contributed by atoms with E-state index in [2.05, 4.69) is 10.5 Å². The van der Waals surface area contributed by atoms with Crippen molar-refractivity contribution in [2.75, 3.05) is 5.32 Å². The number of fused-ring (bicyclic) bond motifs is 1. The summed E-state index contributed by atoms with van der Waals surface area (Å²) < 4.78 is 15.5. The monoisotopic (exact) mass is 314 g/mol. The Morgan fingerprint density at radius 2 is 2.04 bits per heavy atom. The molecule has 0 bridgehead atoms. The van der Waals surface area contributed by atoms with Gasteiger partial charge in [-0.05, 0) is 32.0 Å². The molecule has 1 atom stereocenters. The molecule has 0 aliphatic rings. The largest absolute Gasteiger partial charge is 0.481 e. The first kappa shape index (κ1) is 14.8. The van der Waals surface area contributed by atoms with Gasteiger partial charge >= 0.3 is 5.63 Å². The number of carbonyl (C=O) groups excluding carboxylic acids is 1. The summed E-state index contributed by atoms with van der Waals surface area (Å²) in [6.45, 7) is 3.33. The smallest absolute Gasteiger partial charge is 0.336 e. The van der Waals surface area contributed by atoms with E-state index in [1.54, 1.807) is 44.2 Å². The Hall–Kier alpha value is -3.09. The zero-order chi connectivity index (χ0) is 16.4. The molecule has 3 rings (SSSR count). The zero-order valence-corrected chi connectivity index (χ0v) is 12.5. The van der Waals surface area contributed by atoms with E-state index in [4.69, 9.17) is 13.7 Å². The van der Waals surface area contributed by atoms with Crippen LogP contribution in [0.1, 0.15) is 12.7 Å². The molecule has 0 fully saturated rings. The summed E-state index contributed by atoms with van der Waals surface area (Å²) in [6, 6.07) is 9.63. The fraction of sp³-hybridized carbons (Fsp3) is 0.188. The van der Waals surface area contributed by atoms with Gasteiger partial charge in [0.2, 0.25) is 0 Å². The first-order valence-corrected chi connectivity index (χ1v) is 6.96. The van der Waals surface area contributed by atoms with Crippen LogP contribution in [-0.2, 0) is 4.79 Å². The molecule has 0 radical (unpaired) electrons. The van der Waals surface area contributed by atoms with Crippen LogP contribution in [0.4, 0.5) is 5.82 Å². The fourth-order valence-corrected chi connectivity index (χ4v) is 2.03. The first-order valence-electron chi connectivity index (χ1n) is 6.96. The van der Waals surface area contributed by atoms with Crippen molar-refractivity contribution in [2.45, 2.75) is 20.0 Å².